The fourth-order valence-corrected chi connectivity index (χ4v) is 3.27. The number of aliphatic hydroxyl groups is 3. The molecule has 0 aliphatic heterocycles. The highest BCUT2D eigenvalue weighted by molar-refractivity contribution is 5.89. The van der Waals surface area contributed by atoms with E-state index in [1.54, 1.807) is 6.07 Å². The van der Waals surface area contributed by atoms with Crippen molar-refractivity contribution in [2.75, 3.05) is 19.8 Å². The van der Waals surface area contributed by atoms with Gasteiger partial charge in [0.2, 0.25) is 0 Å². The SMILES string of the molecule is NC(CO)(CO)CO.O=C(O)c1cc(C2CC2)ccc1Cc1cnc(-c2c(F)cccc2F)nc1. The van der Waals surface area contributed by atoms with Gasteiger partial charge in [-0.15, -0.1) is 0 Å². The number of nitrogens with two attached hydrogens (primary N) is 1. The predicted molar refractivity (Wildman–Crippen MR) is 124 cm³/mol. The average molecular weight is 488 g/mol. The van der Waals surface area contributed by atoms with Gasteiger partial charge < -0.3 is 26.2 Å². The van der Waals surface area contributed by atoms with Crippen LogP contribution in [0.2, 0.25) is 0 Å². The highest BCUT2D eigenvalue weighted by Crippen LogP contribution is 2.40. The first-order valence-corrected chi connectivity index (χ1v) is 10.9. The van der Waals surface area contributed by atoms with Gasteiger partial charge in [0.25, 0.3) is 0 Å². The summed E-state index contributed by atoms with van der Waals surface area (Å²) in [5.41, 5.74) is 6.30. The zero-order chi connectivity index (χ0) is 25.6. The van der Waals surface area contributed by atoms with Gasteiger partial charge in [-0.3, -0.25) is 0 Å². The Hall–Kier alpha value is -3.31. The van der Waals surface area contributed by atoms with E-state index in [1.165, 1.54) is 18.5 Å². The summed E-state index contributed by atoms with van der Waals surface area (Å²) in [6, 6.07) is 9.10. The quantitative estimate of drug-likeness (QED) is 0.325. The summed E-state index contributed by atoms with van der Waals surface area (Å²) in [6.07, 6.45) is 5.45. The first-order chi connectivity index (χ1) is 16.7. The molecule has 3 aromatic rings. The lowest BCUT2D eigenvalue weighted by Gasteiger charge is -2.20. The smallest absolute Gasteiger partial charge is 0.335 e. The molecule has 10 heteroatoms. The van der Waals surface area contributed by atoms with Gasteiger partial charge >= 0.3 is 5.97 Å². The number of hydrogen-bond donors (Lipinski definition) is 5. The van der Waals surface area contributed by atoms with E-state index in [0.29, 0.717) is 23.5 Å². The maximum atomic E-state index is 13.8. The number of rotatable bonds is 8. The number of aliphatic hydroxyl groups excluding tert-OH is 3. The summed E-state index contributed by atoms with van der Waals surface area (Å²) in [6.45, 7) is -1.21. The van der Waals surface area contributed by atoms with Gasteiger partial charge in [-0.05, 0) is 53.6 Å². The van der Waals surface area contributed by atoms with Crippen LogP contribution < -0.4 is 5.73 Å². The number of benzene rings is 2. The Balaban J connectivity index is 0.000000371. The molecule has 0 radical (unpaired) electrons. The number of nitrogens with zero attached hydrogens (tertiary/aromatic N) is 2. The number of halogens is 2. The number of hydrogen-bond acceptors (Lipinski definition) is 7. The number of carbonyl (C=O) groups is 1. The molecule has 0 unspecified atom stereocenters. The van der Waals surface area contributed by atoms with Gasteiger partial charge in [0.1, 0.15) is 11.6 Å². The zero-order valence-corrected chi connectivity index (χ0v) is 18.9. The Morgan fingerprint density at radius 2 is 1.57 bits per heavy atom. The van der Waals surface area contributed by atoms with Crippen molar-refractivity contribution in [3.05, 3.63) is 82.7 Å². The predicted octanol–water partition coefficient (Wildman–Crippen LogP) is 2.25. The van der Waals surface area contributed by atoms with Crippen molar-refractivity contribution >= 4 is 5.97 Å². The maximum Gasteiger partial charge on any atom is 0.335 e. The van der Waals surface area contributed by atoms with Gasteiger partial charge in [0, 0.05) is 18.8 Å². The molecule has 0 saturated heterocycles. The third-order valence-electron chi connectivity index (χ3n) is 5.64. The van der Waals surface area contributed by atoms with E-state index in [-0.39, 0.29) is 17.0 Å². The largest absolute Gasteiger partial charge is 0.478 e. The Kier molecular flexibility index (Phi) is 8.57. The van der Waals surface area contributed by atoms with Crippen molar-refractivity contribution in [2.24, 2.45) is 5.73 Å². The fourth-order valence-electron chi connectivity index (χ4n) is 3.27. The molecule has 35 heavy (non-hydrogen) atoms. The third kappa shape index (κ3) is 6.64. The number of aromatic nitrogens is 2. The van der Waals surface area contributed by atoms with Crippen LogP contribution in [0, 0.1) is 11.6 Å². The molecule has 6 N–H and O–H groups in total. The van der Waals surface area contributed by atoms with Crippen LogP contribution in [0.15, 0.2) is 48.8 Å². The first-order valence-electron chi connectivity index (χ1n) is 10.9. The number of aromatic carboxylic acids is 1. The molecule has 1 heterocycles. The van der Waals surface area contributed by atoms with Crippen LogP contribution >= 0.6 is 0 Å². The molecule has 4 rings (SSSR count). The second-order valence-corrected chi connectivity index (χ2v) is 8.52. The molecule has 2 aromatic carbocycles. The standard InChI is InChI=1S/C21H16F2N2O2.C4H11NO3/c22-17-2-1-3-18(23)19(17)20-24-10-12(11-25-20)8-15-7-6-14(13-4-5-13)9-16(15)21(26)27;5-4(1-6,2-7)3-8/h1-3,6-7,9-11,13H,4-5,8H2,(H,26,27);6-8H,1-3,5H2. The molecule has 1 aliphatic carbocycles. The van der Waals surface area contributed by atoms with Crippen molar-refractivity contribution in [3.8, 4) is 11.4 Å². The lowest BCUT2D eigenvalue weighted by molar-refractivity contribution is 0.0691. The molecule has 0 spiro atoms. The lowest BCUT2D eigenvalue weighted by Crippen LogP contribution is -2.50. The monoisotopic (exact) mass is 487 g/mol. The Labute approximate surface area is 200 Å². The highest BCUT2D eigenvalue weighted by Gasteiger charge is 2.25. The van der Waals surface area contributed by atoms with Crippen LogP contribution in [0.5, 0.6) is 0 Å². The van der Waals surface area contributed by atoms with Crippen LogP contribution in [0.25, 0.3) is 11.4 Å². The van der Waals surface area contributed by atoms with Crippen LogP contribution in [0.3, 0.4) is 0 Å². The maximum absolute atomic E-state index is 13.8. The van der Waals surface area contributed by atoms with Gasteiger partial charge in [0.05, 0.1) is 36.5 Å². The minimum absolute atomic E-state index is 0.0445. The van der Waals surface area contributed by atoms with Crippen molar-refractivity contribution in [3.63, 3.8) is 0 Å². The van der Waals surface area contributed by atoms with Crippen molar-refractivity contribution in [1.29, 1.82) is 0 Å². The summed E-state index contributed by atoms with van der Waals surface area (Å²) >= 11 is 0. The fraction of sp³-hybridized carbons (Fsp3) is 0.320. The van der Waals surface area contributed by atoms with Gasteiger partial charge in [-0.2, -0.15) is 0 Å². The molecular formula is C25H27F2N3O5. The molecule has 186 valence electrons. The molecule has 1 fully saturated rings. The minimum Gasteiger partial charge on any atom is -0.478 e. The van der Waals surface area contributed by atoms with Crippen LogP contribution in [0.1, 0.15) is 45.8 Å². The topological polar surface area (TPSA) is 150 Å². The average Bonchev–Trinajstić information content (AvgIpc) is 3.71. The van der Waals surface area contributed by atoms with Crippen molar-refractivity contribution in [1.82, 2.24) is 9.97 Å². The highest BCUT2D eigenvalue weighted by atomic mass is 19.1. The molecule has 0 atom stereocenters. The molecule has 8 nitrogen and oxygen atoms in total. The summed E-state index contributed by atoms with van der Waals surface area (Å²) < 4.78 is 27.7. The van der Waals surface area contributed by atoms with Gasteiger partial charge in [-0.25, -0.2) is 23.5 Å². The lowest BCUT2D eigenvalue weighted by atomic mass is 9.97. The van der Waals surface area contributed by atoms with E-state index < -0.39 is 43.0 Å². The molecular weight excluding hydrogens is 460 g/mol. The minimum atomic E-state index is -1.21. The van der Waals surface area contributed by atoms with Crippen molar-refractivity contribution < 1.29 is 34.0 Å². The summed E-state index contributed by atoms with van der Waals surface area (Å²) in [5, 5.41) is 34.5. The van der Waals surface area contributed by atoms with Crippen LogP contribution in [0.4, 0.5) is 8.78 Å². The Morgan fingerprint density at radius 1 is 1.00 bits per heavy atom. The second kappa shape index (κ2) is 11.4. The van der Waals surface area contributed by atoms with E-state index in [1.807, 2.05) is 12.1 Å². The number of carboxylic acids is 1. The Morgan fingerprint density at radius 3 is 2.03 bits per heavy atom. The molecule has 1 aliphatic rings. The first kappa shape index (κ1) is 26.3. The van der Waals surface area contributed by atoms with Crippen molar-refractivity contribution in [2.45, 2.75) is 30.7 Å². The van der Waals surface area contributed by atoms with Crippen LogP contribution in [-0.2, 0) is 6.42 Å². The number of carboxylic acid groups (broad SMARTS) is 1. The second-order valence-electron chi connectivity index (χ2n) is 8.52. The zero-order valence-electron chi connectivity index (χ0n) is 18.9. The van der Waals surface area contributed by atoms with E-state index in [0.717, 1.165) is 30.5 Å². The molecule has 1 aromatic heterocycles. The van der Waals surface area contributed by atoms with E-state index >= 15 is 0 Å². The van der Waals surface area contributed by atoms with Gasteiger partial charge in [-0.1, -0.05) is 18.2 Å². The van der Waals surface area contributed by atoms with E-state index in [9.17, 15) is 18.7 Å². The van der Waals surface area contributed by atoms with E-state index in [2.05, 4.69) is 9.97 Å². The van der Waals surface area contributed by atoms with E-state index in [4.69, 9.17) is 21.1 Å². The molecule has 0 amide bonds. The summed E-state index contributed by atoms with van der Waals surface area (Å²) in [4.78, 5) is 19.7. The molecule has 0 bridgehead atoms. The third-order valence-corrected chi connectivity index (χ3v) is 5.64. The normalized spacial score (nSPS) is 13.2. The Bertz CT molecular complexity index is 1140. The summed E-state index contributed by atoms with van der Waals surface area (Å²) in [7, 11) is 0. The summed E-state index contributed by atoms with van der Waals surface area (Å²) in [5.74, 6) is -2.01. The van der Waals surface area contributed by atoms with Crippen LogP contribution in [-0.4, -0.2) is 61.7 Å². The molecule has 1 saturated carbocycles. The van der Waals surface area contributed by atoms with Gasteiger partial charge in [0.15, 0.2) is 5.82 Å².